The van der Waals surface area contributed by atoms with Crippen LogP contribution in [-0.2, 0) is 0 Å². The predicted octanol–water partition coefficient (Wildman–Crippen LogP) is 4.97. The third-order valence-corrected chi connectivity index (χ3v) is 4.72. The summed E-state index contributed by atoms with van der Waals surface area (Å²) in [5.41, 5.74) is 3.41. The number of hydrogen-bond donors (Lipinski definition) is 1. The molecule has 0 atom stereocenters. The average molecular weight is 308 g/mol. The van der Waals surface area contributed by atoms with Crippen molar-refractivity contribution in [1.29, 1.82) is 0 Å². The number of benzene rings is 1. The molecule has 1 fully saturated rings. The summed E-state index contributed by atoms with van der Waals surface area (Å²) in [6, 6.07) is 8.77. The van der Waals surface area contributed by atoms with Crippen LogP contribution in [0.4, 0.5) is 4.39 Å². The second-order valence-electron chi connectivity index (χ2n) is 4.89. The molecule has 104 valence electrons. The molecule has 1 aliphatic heterocycles. The normalized spacial score (nSPS) is 15.4. The van der Waals surface area contributed by atoms with Crippen LogP contribution in [0.15, 0.2) is 35.9 Å². The summed E-state index contributed by atoms with van der Waals surface area (Å²) in [7, 11) is 0. The Hall–Kier alpha value is -1.16. The zero-order valence-electron chi connectivity index (χ0n) is 11.0. The second kappa shape index (κ2) is 6.08. The third-order valence-electron chi connectivity index (χ3n) is 3.46. The largest absolute Gasteiger partial charge is 0.316 e. The minimum Gasteiger partial charge on any atom is -0.316 e. The summed E-state index contributed by atoms with van der Waals surface area (Å²) in [5.74, 6) is -0.211. The average Bonchev–Trinajstić information content (AvgIpc) is 2.88. The second-order valence-corrected chi connectivity index (χ2v) is 6.60. The van der Waals surface area contributed by atoms with Crippen LogP contribution in [0.2, 0.25) is 4.34 Å². The van der Waals surface area contributed by atoms with Crippen molar-refractivity contribution in [3.05, 3.63) is 51.6 Å². The fourth-order valence-electron chi connectivity index (χ4n) is 2.44. The minimum absolute atomic E-state index is 0.211. The summed E-state index contributed by atoms with van der Waals surface area (Å²) in [6.45, 7) is 2.04. The number of thiophene rings is 1. The van der Waals surface area contributed by atoms with Gasteiger partial charge in [0, 0.05) is 10.4 Å². The zero-order valence-corrected chi connectivity index (χ0v) is 12.5. The molecule has 2 heterocycles. The first-order valence-corrected chi connectivity index (χ1v) is 7.87. The van der Waals surface area contributed by atoms with Gasteiger partial charge in [-0.1, -0.05) is 29.3 Å². The van der Waals surface area contributed by atoms with E-state index in [2.05, 4.69) is 11.4 Å². The first-order chi connectivity index (χ1) is 9.72. The van der Waals surface area contributed by atoms with Crippen LogP contribution in [0.1, 0.15) is 18.4 Å². The Morgan fingerprint density at radius 2 is 1.95 bits per heavy atom. The van der Waals surface area contributed by atoms with Crippen molar-refractivity contribution in [3.8, 4) is 10.4 Å². The maximum absolute atomic E-state index is 13.6. The Labute approximate surface area is 127 Å². The molecule has 0 radical (unpaired) electrons. The van der Waals surface area contributed by atoms with Crippen molar-refractivity contribution in [1.82, 2.24) is 5.32 Å². The zero-order chi connectivity index (χ0) is 13.9. The lowest BCUT2D eigenvalue weighted by Gasteiger charge is -2.16. The monoisotopic (exact) mass is 307 g/mol. The molecule has 20 heavy (non-hydrogen) atoms. The molecule has 0 unspecified atom stereocenters. The highest BCUT2D eigenvalue weighted by Gasteiger charge is 2.10. The molecule has 1 nitrogen and oxygen atoms in total. The Balaban J connectivity index is 2.02. The highest BCUT2D eigenvalue weighted by Crippen LogP contribution is 2.35. The smallest absolute Gasteiger partial charge is 0.123 e. The van der Waals surface area contributed by atoms with Gasteiger partial charge in [-0.3, -0.25) is 0 Å². The predicted molar refractivity (Wildman–Crippen MR) is 84.8 cm³/mol. The van der Waals surface area contributed by atoms with Gasteiger partial charge in [-0.2, -0.15) is 0 Å². The molecule has 1 aromatic carbocycles. The molecule has 1 aromatic heterocycles. The van der Waals surface area contributed by atoms with Crippen LogP contribution >= 0.6 is 22.9 Å². The van der Waals surface area contributed by atoms with Gasteiger partial charge in [0.1, 0.15) is 5.82 Å². The highest BCUT2D eigenvalue weighted by atomic mass is 35.5. The SMILES string of the molecule is Fc1ccc(C=C2CCNCC2)c(-c2ccc(Cl)s2)c1. The van der Waals surface area contributed by atoms with Crippen molar-refractivity contribution < 1.29 is 4.39 Å². The van der Waals surface area contributed by atoms with E-state index >= 15 is 0 Å². The minimum atomic E-state index is -0.211. The Bertz CT molecular complexity index is 640. The molecule has 4 heteroatoms. The quantitative estimate of drug-likeness (QED) is 0.825. The molecule has 3 rings (SSSR count). The van der Waals surface area contributed by atoms with E-state index in [0.29, 0.717) is 0 Å². The highest BCUT2D eigenvalue weighted by molar-refractivity contribution is 7.19. The standard InChI is InChI=1S/C16H15ClFNS/c17-16-4-3-15(20-16)14-10-13(18)2-1-12(14)9-11-5-7-19-8-6-11/h1-4,9-10,19H,5-8H2. The van der Waals surface area contributed by atoms with Crippen molar-refractivity contribution >= 4 is 29.0 Å². The summed E-state index contributed by atoms with van der Waals surface area (Å²) >= 11 is 7.48. The summed E-state index contributed by atoms with van der Waals surface area (Å²) < 4.78 is 14.3. The van der Waals surface area contributed by atoms with Crippen LogP contribution in [0.5, 0.6) is 0 Å². The third kappa shape index (κ3) is 3.11. The topological polar surface area (TPSA) is 12.0 Å². The molecule has 0 bridgehead atoms. The fraction of sp³-hybridized carbons (Fsp3) is 0.250. The molecule has 1 aliphatic rings. The molecule has 0 aliphatic carbocycles. The fourth-order valence-corrected chi connectivity index (χ4v) is 3.52. The van der Waals surface area contributed by atoms with Crippen molar-refractivity contribution in [3.63, 3.8) is 0 Å². The van der Waals surface area contributed by atoms with Crippen LogP contribution < -0.4 is 5.32 Å². The van der Waals surface area contributed by atoms with Crippen LogP contribution in [-0.4, -0.2) is 13.1 Å². The molecular weight excluding hydrogens is 293 g/mol. The molecule has 1 N–H and O–H groups in total. The summed E-state index contributed by atoms with van der Waals surface area (Å²) in [5, 5.41) is 3.34. The lowest BCUT2D eigenvalue weighted by atomic mass is 9.98. The van der Waals surface area contributed by atoms with Gasteiger partial charge in [0.25, 0.3) is 0 Å². The van der Waals surface area contributed by atoms with Gasteiger partial charge in [-0.05, 0) is 55.8 Å². The Morgan fingerprint density at radius 3 is 2.65 bits per heavy atom. The van der Waals surface area contributed by atoms with E-state index in [1.165, 1.54) is 23.0 Å². The van der Waals surface area contributed by atoms with Gasteiger partial charge >= 0.3 is 0 Å². The lowest BCUT2D eigenvalue weighted by molar-refractivity contribution is 0.613. The number of rotatable bonds is 2. The van der Waals surface area contributed by atoms with E-state index in [-0.39, 0.29) is 5.82 Å². The van der Waals surface area contributed by atoms with Gasteiger partial charge in [0.2, 0.25) is 0 Å². The number of halogens is 2. The molecule has 0 saturated carbocycles. The Morgan fingerprint density at radius 1 is 1.15 bits per heavy atom. The molecule has 1 saturated heterocycles. The maximum Gasteiger partial charge on any atom is 0.123 e. The number of piperidine rings is 1. The number of nitrogens with one attached hydrogen (secondary N) is 1. The van der Waals surface area contributed by atoms with Crippen LogP contribution in [0.25, 0.3) is 16.5 Å². The van der Waals surface area contributed by atoms with Crippen molar-refractivity contribution in [2.45, 2.75) is 12.8 Å². The van der Waals surface area contributed by atoms with Gasteiger partial charge in [0.05, 0.1) is 4.34 Å². The number of hydrogen-bond acceptors (Lipinski definition) is 2. The van der Waals surface area contributed by atoms with Gasteiger partial charge in [-0.25, -0.2) is 4.39 Å². The van der Waals surface area contributed by atoms with E-state index in [9.17, 15) is 4.39 Å². The molecular formula is C16H15ClFNS. The van der Waals surface area contributed by atoms with E-state index in [1.54, 1.807) is 6.07 Å². The Kier molecular flexibility index (Phi) is 4.20. The maximum atomic E-state index is 13.6. The summed E-state index contributed by atoms with van der Waals surface area (Å²) in [4.78, 5) is 1.01. The lowest BCUT2D eigenvalue weighted by Crippen LogP contribution is -2.22. The molecule has 0 amide bonds. The first kappa shape index (κ1) is 13.8. The molecule has 0 spiro atoms. The van der Waals surface area contributed by atoms with E-state index < -0.39 is 0 Å². The van der Waals surface area contributed by atoms with E-state index in [1.807, 2.05) is 18.2 Å². The van der Waals surface area contributed by atoms with E-state index in [4.69, 9.17) is 11.6 Å². The van der Waals surface area contributed by atoms with Crippen LogP contribution in [0, 0.1) is 5.82 Å². The van der Waals surface area contributed by atoms with Gasteiger partial charge in [0.15, 0.2) is 0 Å². The van der Waals surface area contributed by atoms with Crippen LogP contribution in [0.3, 0.4) is 0 Å². The summed E-state index contributed by atoms with van der Waals surface area (Å²) in [6.07, 6.45) is 4.31. The van der Waals surface area contributed by atoms with E-state index in [0.717, 1.165) is 46.3 Å². The first-order valence-electron chi connectivity index (χ1n) is 6.68. The van der Waals surface area contributed by atoms with Crippen molar-refractivity contribution in [2.24, 2.45) is 0 Å². The van der Waals surface area contributed by atoms with Gasteiger partial charge < -0.3 is 5.32 Å². The van der Waals surface area contributed by atoms with Gasteiger partial charge in [-0.15, -0.1) is 11.3 Å². The van der Waals surface area contributed by atoms with Crippen molar-refractivity contribution in [2.75, 3.05) is 13.1 Å². The molecule has 2 aromatic rings.